The molecule has 35 heavy (non-hydrogen) atoms. The molecule has 1 saturated heterocycles. The standard InChI is InChI=1S/C23H28O12/c24-8-13-5-16(28)23(11-26)20(10-25,3-1-15(27)22(23,18(31)32)7-17(29)30)21(13)6-14(35-19(21)33)12-2-4-34-9-12/h2,4,9-11,13-16,19,24,27-28,33H,1,3,5-8H2,(H,29,30)(H,31,32). The van der Waals surface area contributed by atoms with Crippen molar-refractivity contribution in [3.63, 3.8) is 0 Å². The average molecular weight is 496 g/mol. The number of aldehydes is 2. The van der Waals surface area contributed by atoms with E-state index in [9.17, 15) is 49.8 Å². The van der Waals surface area contributed by atoms with Crippen molar-refractivity contribution in [3.8, 4) is 0 Å². The molecule has 0 aromatic carbocycles. The first-order valence-corrected chi connectivity index (χ1v) is 11.2. The zero-order chi connectivity index (χ0) is 25.8. The Bertz CT molecular complexity index is 1010. The fourth-order valence-electron chi connectivity index (χ4n) is 7.58. The zero-order valence-electron chi connectivity index (χ0n) is 18.6. The van der Waals surface area contributed by atoms with Crippen LogP contribution in [0.3, 0.4) is 0 Å². The molecular formula is C23H28O12. The van der Waals surface area contributed by atoms with Crippen LogP contribution in [0, 0.1) is 27.6 Å². The van der Waals surface area contributed by atoms with Crippen LogP contribution >= 0.6 is 0 Å². The van der Waals surface area contributed by atoms with Gasteiger partial charge < -0.3 is 49.4 Å². The number of carboxylic acid groups (broad SMARTS) is 2. The van der Waals surface area contributed by atoms with Gasteiger partial charge in [-0.15, -0.1) is 0 Å². The van der Waals surface area contributed by atoms with Crippen LogP contribution in [0.5, 0.6) is 0 Å². The SMILES string of the molecule is O=CC12CCC(O)C(CC(=O)O)(C(=O)O)C1(C=O)C(O)CC(CO)C21CC(c2ccoc2)OC1O. The summed E-state index contributed by atoms with van der Waals surface area (Å²) in [6, 6.07) is 1.55. The molecule has 9 atom stereocenters. The number of aliphatic hydroxyl groups excluding tert-OH is 4. The molecule has 6 N–H and O–H groups in total. The molecule has 1 aliphatic heterocycles. The summed E-state index contributed by atoms with van der Waals surface area (Å²) in [5, 5.41) is 63.9. The van der Waals surface area contributed by atoms with E-state index in [1.807, 2.05) is 0 Å². The summed E-state index contributed by atoms with van der Waals surface area (Å²) in [5.74, 6) is -4.57. The molecule has 0 radical (unpaired) electrons. The topological polar surface area (TPSA) is 212 Å². The van der Waals surface area contributed by atoms with Gasteiger partial charge in [-0.2, -0.15) is 0 Å². The van der Waals surface area contributed by atoms with Gasteiger partial charge in [-0.05, 0) is 37.7 Å². The second-order valence-electron chi connectivity index (χ2n) is 9.89. The number of fused-ring (bicyclic) bond motifs is 2. The van der Waals surface area contributed by atoms with Crippen LogP contribution in [0.25, 0.3) is 0 Å². The van der Waals surface area contributed by atoms with Crippen LogP contribution in [-0.2, 0) is 23.9 Å². The van der Waals surface area contributed by atoms with Gasteiger partial charge in [0.2, 0.25) is 0 Å². The van der Waals surface area contributed by atoms with Crippen LogP contribution in [0.1, 0.15) is 43.8 Å². The molecule has 1 aromatic heterocycles. The lowest BCUT2D eigenvalue weighted by Crippen LogP contribution is -2.79. The molecule has 192 valence electrons. The van der Waals surface area contributed by atoms with E-state index in [0.29, 0.717) is 5.56 Å². The third kappa shape index (κ3) is 2.85. The third-order valence-corrected chi connectivity index (χ3v) is 9.04. The number of aliphatic hydroxyl groups is 4. The zero-order valence-corrected chi connectivity index (χ0v) is 18.6. The third-order valence-electron chi connectivity index (χ3n) is 9.04. The van der Waals surface area contributed by atoms with E-state index in [1.54, 1.807) is 6.07 Å². The maximum atomic E-state index is 13.1. The molecular weight excluding hydrogens is 468 g/mol. The Kier molecular flexibility index (Phi) is 6.17. The molecule has 2 heterocycles. The minimum absolute atomic E-state index is 0.0543. The van der Waals surface area contributed by atoms with Gasteiger partial charge in [0.05, 0.1) is 48.1 Å². The second-order valence-corrected chi connectivity index (χ2v) is 9.89. The van der Waals surface area contributed by atoms with Crippen molar-refractivity contribution in [1.82, 2.24) is 0 Å². The molecule has 12 nitrogen and oxygen atoms in total. The van der Waals surface area contributed by atoms with Crippen molar-refractivity contribution in [2.75, 3.05) is 6.61 Å². The van der Waals surface area contributed by atoms with Crippen molar-refractivity contribution in [2.45, 2.75) is 56.7 Å². The Hall–Kier alpha value is -2.64. The Morgan fingerprint density at radius 3 is 2.34 bits per heavy atom. The van der Waals surface area contributed by atoms with Gasteiger partial charge in [0.1, 0.15) is 18.0 Å². The number of ether oxygens (including phenoxy) is 1. The van der Waals surface area contributed by atoms with Gasteiger partial charge in [-0.25, -0.2) is 0 Å². The number of carbonyl (C=O) groups is 4. The van der Waals surface area contributed by atoms with Gasteiger partial charge >= 0.3 is 11.9 Å². The van der Waals surface area contributed by atoms with Gasteiger partial charge in [0, 0.05) is 17.6 Å². The van der Waals surface area contributed by atoms with Gasteiger partial charge in [-0.1, -0.05) is 0 Å². The first kappa shape index (κ1) is 25.5. The molecule has 3 aliphatic rings. The molecule has 3 fully saturated rings. The number of hydrogen-bond acceptors (Lipinski definition) is 10. The Morgan fingerprint density at radius 1 is 1.11 bits per heavy atom. The number of hydrogen-bond donors (Lipinski definition) is 6. The van der Waals surface area contributed by atoms with E-state index in [-0.39, 0.29) is 25.4 Å². The number of furan rings is 1. The summed E-state index contributed by atoms with van der Waals surface area (Å²) in [6.07, 6.45) is -6.15. The summed E-state index contributed by atoms with van der Waals surface area (Å²) in [4.78, 5) is 50.8. The minimum atomic E-state index is -2.81. The lowest BCUT2D eigenvalue weighted by Gasteiger charge is -2.69. The number of carbonyl (C=O) groups excluding carboxylic acids is 2. The average Bonchev–Trinajstić information content (AvgIpc) is 3.46. The second kappa shape index (κ2) is 8.49. The van der Waals surface area contributed by atoms with E-state index < -0.39 is 90.0 Å². The predicted molar refractivity (Wildman–Crippen MR) is 111 cm³/mol. The van der Waals surface area contributed by atoms with E-state index in [4.69, 9.17) is 9.15 Å². The fraction of sp³-hybridized carbons (Fsp3) is 0.652. The largest absolute Gasteiger partial charge is 0.481 e. The van der Waals surface area contributed by atoms with Crippen molar-refractivity contribution in [2.24, 2.45) is 27.6 Å². The van der Waals surface area contributed by atoms with E-state index in [2.05, 4.69) is 0 Å². The number of rotatable bonds is 7. The summed E-state index contributed by atoms with van der Waals surface area (Å²) >= 11 is 0. The first-order valence-electron chi connectivity index (χ1n) is 11.2. The summed E-state index contributed by atoms with van der Waals surface area (Å²) in [5.41, 5.74) is -9.00. The van der Waals surface area contributed by atoms with Gasteiger partial charge in [0.25, 0.3) is 0 Å². The van der Waals surface area contributed by atoms with Crippen LogP contribution < -0.4 is 0 Å². The molecule has 12 heteroatoms. The lowest BCUT2D eigenvalue weighted by atomic mass is 9.31. The van der Waals surface area contributed by atoms with E-state index >= 15 is 0 Å². The summed E-state index contributed by atoms with van der Waals surface area (Å²) in [6.45, 7) is -0.651. The van der Waals surface area contributed by atoms with Crippen LogP contribution in [0.4, 0.5) is 0 Å². The quantitative estimate of drug-likeness (QED) is 0.263. The van der Waals surface area contributed by atoms with Crippen LogP contribution in [0.15, 0.2) is 23.0 Å². The van der Waals surface area contributed by atoms with E-state index in [1.165, 1.54) is 12.5 Å². The highest BCUT2D eigenvalue weighted by atomic mass is 16.6. The maximum absolute atomic E-state index is 13.1. The Morgan fingerprint density at radius 2 is 1.83 bits per heavy atom. The maximum Gasteiger partial charge on any atom is 0.314 e. The number of aliphatic carboxylic acids is 2. The van der Waals surface area contributed by atoms with Crippen molar-refractivity contribution in [3.05, 3.63) is 24.2 Å². The molecule has 2 aliphatic carbocycles. The van der Waals surface area contributed by atoms with Crippen molar-refractivity contribution in [1.29, 1.82) is 0 Å². The van der Waals surface area contributed by atoms with Crippen molar-refractivity contribution < 1.29 is 59.0 Å². The number of carboxylic acids is 2. The highest BCUT2D eigenvalue weighted by Crippen LogP contribution is 2.76. The first-order chi connectivity index (χ1) is 16.5. The van der Waals surface area contributed by atoms with Gasteiger partial charge in [0.15, 0.2) is 6.29 Å². The summed E-state index contributed by atoms with van der Waals surface area (Å²) < 4.78 is 10.8. The monoisotopic (exact) mass is 496 g/mol. The minimum Gasteiger partial charge on any atom is -0.481 e. The van der Waals surface area contributed by atoms with E-state index in [0.717, 1.165) is 0 Å². The molecule has 1 aromatic rings. The van der Waals surface area contributed by atoms with Crippen molar-refractivity contribution >= 4 is 24.5 Å². The Labute approximate surface area is 199 Å². The smallest absolute Gasteiger partial charge is 0.314 e. The molecule has 4 rings (SSSR count). The lowest BCUT2D eigenvalue weighted by molar-refractivity contribution is -0.304. The van der Waals surface area contributed by atoms with Gasteiger partial charge in [-0.3, -0.25) is 9.59 Å². The predicted octanol–water partition coefficient (Wildman–Crippen LogP) is -0.510. The molecule has 9 unspecified atom stereocenters. The highest BCUT2D eigenvalue weighted by Gasteiger charge is 2.84. The highest BCUT2D eigenvalue weighted by molar-refractivity contribution is 5.91. The molecule has 0 amide bonds. The molecule has 0 bridgehead atoms. The fourth-order valence-corrected chi connectivity index (χ4v) is 7.58. The Balaban J connectivity index is 2.05. The van der Waals surface area contributed by atoms with Crippen LogP contribution in [0.2, 0.25) is 0 Å². The molecule has 2 saturated carbocycles. The normalized spacial score (nSPS) is 45.1. The molecule has 1 spiro atoms. The van der Waals surface area contributed by atoms with Crippen LogP contribution in [-0.4, -0.2) is 80.3 Å². The summed E-state index contributed by atoms with van der Waals surface area (Å²) in [7, 11) is 0.